The van der Waals surface area contributed by atoms with E-state index in [1.165, 1.54) is 29.7 Å². The zero-order valence-corrected chi connectivity index (χ0v) is 13.1. The Kier molecular flexibility index (Phi) is 3.70. The smallest absolute Gasteiger partial charge is 0.0412 e. The maximum atomic E-state index is 3.78. The molecule has 0 spiro atoms. The zero-order valence-electron chi connectivity index (χ0n) is 12.3. The van der Waals surface area contributed by atoms with Gasteiger partial charge in [-0.1, -0.05) is 18.2 Å². The fourth-order valence-electron chi connectivity index (χ4n) is 3.34. The summed E-state index contributed by atoms with van der Waals surface area (Å²) < 4.78 is 0. The van der Waals surface area contributed by atoms with Gasteiger partial charge in [0.05, 0.1) is 0 Å². The first-order chi connectivity index (χ1) is 10.4. The second-order valence-electron chi connectivity index (χ2n) is 6.28. The molecule has 2 aromatic rings. The molecule has 1 aromatic carbocycles. The molecule has 4 rings (SSSR count). The van der Waals surface area contributed by atoms with E-state index >= 15 is 0 Å². The fourth-order valence-corrected chi connectivity index (χ4v) is 4.04. The van der Waals surface area contributed by atoms with Crippen molar-refractivity contribution in [3.05, 3.63) is 52.2 Å². The van der Waals surface area contributed by atoms with Gasteiger partial charge in [-0.25, -0.2) is 0 Å². The highest BCUT2D eigenvalue weighted by Gasteiger charge is 2.33. The molecule has 0 saturated heterocycles. The lowest BCUT2D eigenvalue weighted by Gasteiger charge is -2.27. The third kappa shape index (κ3) is 2.99. The molecule has 1 aliphatic heterocycles. The van der Waals surface area contributed by atoms with Crippen LogP contribution in [0, 0.1) is 5.92 Å². The van der Waals surface area contributed by atoms with Crippen molar-refractivity contribution in [1.82, 2.24) is 5.32 Å². The first kappa shape index (κ1) is 13.4. The van der Waals surface area contributed by atoms with Crippen molar-refractivity contribution >= 4 is 17.0 Å². The Bertz CT molecular complexity index is 589. The van der Waals surface area contributed by atoms with Gasteiger partial charge in [0.25, 0.3) is 0 Å². The topological polar surface area (TPSA) is 15.3 Å². The summed E-state index contributed by atoms with van der Waals surface area (Å²) in [6.07, 6.45) is 3.97. The van der Waals surface area contributed by atoms with Gasteiger partial charge < -0.3 is 10.2 Å². The molecule has 1 N–H and O–H groups in total. The van der Waals surface area contributed by atoms with Crippen LogP contribution in [0.2, 0.25) is 0 Å². The number of fused-ring (bicyclic) bond motifs is 1. The minimum absolute atomic E-state index is 0.667. The van der Waals surface area contributed by atoms with Gasteiger partial charge in [-0.3, -0.25) is 0 Å². The van der Waals surface area contributed by atoms with Crippen LogP contribution < -0.4 is 10.2 Å². The maximum Gasteiger partial charge on any atom is 0.0412 e. The van der Waals surface area contributed by atoms with Crippen LogP contribution in [-0.2, 0) is 13.0 Å². The number of hydrogen-bond acceptors (Lipinski definition) is 3. The second-order valence-corrected chi connectivity index (χ2v) is 7.06. The highest BCUT2D eigenvalue weighted by Crippen LogP contribution is 2.35. The van der Waals surface area contributed by atoms with Crippen molar-refractivity contribution in [3.8, 4) is 0 Å². The predicted octanol–water partition coefficient (Wildman–Crippen LogP) is 3.68. The van der Waals surface area contributed by atoms with Crippen LogP contribution in [0.5, 0.6) is 0 Å². The van der Waals surface area contributed by atoms with E-state index < -0.39 is 0 Å². The molecule has 3 heteroatoms. The maximum absolute atomic E-state index is 3.78. The molecular formula is C18H22N2S. The quantitative estimate of drug-likeness (QED) is 0.926. The average molecular weight is 298 g/mol. The predicted molar refractivity (Wildman–Crippen MR) is 90.0 cm³/mol. The molecular weight excluding hydrogens is 276 g/mol. The van der Waals surface area contributed by atoms with Gasteiger partial charge in [-0.2, -0.15) is 11.3 Å². The standard InChI is InChI=1S/C18H22N2S/c1-2-4-18-16(3-1)11-19-17(15-5-6-15)12-20(18)9-7-14-8-10-21-13-14/h1-4,8,10,13,15,17,19H,5-7,9,11-12H2. The summed E-state index contributed by atoms with van der Waals surface area (Å²) in [6, 6.07) is 11.8. The van der Waals surface area contributed by atoms with Crippen LogP contribution in [0.15, 0.2) is 41.1 Å². The summed E-state index contributed by atoms with van der Waals surface area (Å²) in [4.78, 5) is 2.61. The van der Waals surface area contributed by atoms with E-state index in [4.69, 9.17) is 0 Å². The number of anilines is 1. The van der Waals surface area contributed by atoms with E-state index in [2.05, 4.69) is 51.3 Å². The summed E-state index contributed by atoms with van der Waals surface area (Å²) in [5.41, 5.74) is 4.35. The number of nitrogens with one attached hydrogen (secondary N) is 1. The van der Waals surface area contributed by atoms with Crippen molar-refractivity contribution in [2.75, 3.05) is 18.0 Å². The summed E-state index contributed by atoms with van der Waals surface area (Å²) in [5, 5.41) is 8.24. The molecule has 1 unspecified atom stereocenters. The van der Waals surface area contributed by atoms with E-state index in [0.717, 1.165) is 32.0 Å². The van der Waals surface area contributed by atoms with Crippen molar-refractivity contribution < 1.29 is 0 Å². The Morgan fingerprint density at radius 2 is 2.10 bits per heavy atom. The van der Waals surface area contributed by atoms with Crippen molar-refractivity contribution in [3.63, 3.8) is 0 Å². The Hall–Kier alpha value is -1.32. The fraction of sp³-hybridized carbons (Fsp3) is 0.444. The molecule has 0 amide bonds. The molecule has 2 aliphatic rings. The highest BCUT2D eigenvalue weighted by atomic mass is 32.1. The lowest BCUT2D eigenvalue weighted by atomic mass is 10.1. The van der Waals surface area contributed by atoms with Gasteiger partial charge in [-0.05, 0) is 59.2 Å². The summed E-state index contributed by atoms with van der Waals surface area (Å²) in [6.45, 7) is 3.30. The van der Waals surface area contributed by atoms with E-state index in [1.54, 1.807) is 11.3 Å². The van der Waals surface area contributed by atoms with Gasteiger partial charge >= 0.3 is 0 Å². The molecule has 1 saturated carbocycles. The lowest BCUT2D eigenvalue weighted by Crippen LogP contribution is -2.40. The largest absolute Gasteiger partial charge is 0.369 e. The van der Waals surface area contributed by atoms with Crippen molar-refractivity contribution in [1.29, 1.82) is 0 Å². The van der Waals surface area contributed by atoms with Crippen LogP contribution in [0.4, 0.5) is 5.69 Å². The Balaban J connectivity index is 1.54. The van der Waals surface area contributed by atoms with Gasteiger partial charge in [-0.15, -0.1) is 0 Å². The van der Waals surface area contributed by atoms with Crippen LogP contribution in [0.1, 0.15) is 24.0 Å². The summed E-state index contributed by atoms with van der Waals surface area (Å²) >= 11 is 1.80. The number of rotatable bonds is 4. The average Bonchev–Trinajstić information content (AvgIpc) is 3.26. The van der Waals surface area contributed by atoms with E-state index in [-0.39, 0.29) is 0 Å². The number of hydrogen-bond donors (Lipinski definition) is 1. The molecule has 1 fully saturated rings. The molecule has 1 aliphatic carbocycles. The van der Waals surface area contributed by atoms with Crippen LogP contribution >= 0.6 is 11.3 Å². The number of benzene rings is 1. The van der Waals surface area contributed by atoms with E-state index in [9.17, 15) is 0 Å². The third-order valence-electron chi connectivity index (χ3n) is 4.75. The zero-order chi connectivity index (χ0) is 14.1. The van der Waals surface area contributed by atoms with Gasteiger partial charge in [0.15, 0.2) is 0 Å². The molecule has 110 valence electrons. The van der Waals surface area contributed by atoms with Crippen molar-refractivity contribution in [2.45, 2.75) is 31.8 Å². The minimum Gasteiger partial charge on any atom is -0.369 e. The molecule has 1 aromatic heterocycles. The van der Waals surface area contributed by atoms with Crippen LogP contribution in [0.25, 0.3) is 0 Å². The van der Waals surface area contributed by atoms with Gasteiger partial charge in [0.1, 0.15) is 0 Å². The number of nitrogens with zero attached hydrogens (tertiary/aromatic N) is 1. The van der Waals surface area contributed by atoms with Gasteiger partial charge in [0.2, 0.25) is 0 Å². The van der Waals surface area contributed by atoms with Crippen LogP contribution in [-0.4, -0.2) is 19.1 Å². The highest BCUT2D eigenvalue weighted by molar-refractivity contribution is 7.07. The third-order valence-corrected chi connectivity index (χ3v) is 5.48. The molecule has 2 nitrogen and oxygen atoms in total. The van der Waals surface area contributed by atoms with Crippen LogP contribution in [0.3, 0.4) is 0 Å². The molecule has 21 heavy (non-hydrogen) atoms. The number of para-hydroxylation sites is 1. The number of thiophene rings is 1. The molecule has 0 radical (unpaired) electrons. The van der Waals surface area contributed by atoms with Crippen molar-refractivity contribution in [2.24, 2.45) is 5.92 Å². The molecule has 1 atom stereocenters. The summed E-state index contributed by atoms with van der Waals surface area (Å²) in [5.74, 6) is 0.906. The first-order valence-electron chi connectivity index (χ1n) is 7.97. The minimum atomic E-state index is 0.667. The molecule has 2 heterocycles. The van der Waals surface area contributed by atoms with E-state index in [1.807, 2.05) is 0 Å². The molecule has 0 bridgehead atoms. The normalized spacial score (nSPS) is 21.9. The van der Waals surface area contributed by atoms with E-state index in [0.29, 0.717) is 6.04 Å². The Labute approximate surface area is 130 Å². The first-order valence-corrected chi connectivity index (χ1v) is 8.92. The lowest BCUT2D eigenvalue weighted by molar-refractivity contribution is 0.467. The Morgan fingerprint density at radius 3 is 2.90 bits per heavy atom. The monoisotopic (exact) mass is 298 g/mol. The second kappa shape index (κ2) is 5.82. The van der Waals surface area contributed by atoms with Gasteiger partial charge in [0, 0.05) is 31.4 Å². The summed E-state index contributed by atoms with van der Waals surface area (Å²) in [7, 11) is 0. The Morgan fingerprint density at radius 1 is 1.19 bits per heavy atom. The SMILES string of the molecule is c1ccc2c(c1)CNC(C1CC1)CN2CCc1ccsc1.